The highest BCUT2D eigenvalue weighted by atomic mass is 16.3. The first-order valence-electron chi connectivity index (χ1n) is 6.70. The van der Waals surface area contributed by atoms with E-state index < -0.39 is 17.1 Å². The molecule has 0 fully saturated rings. The van der Waals surface area contributed by atoms with Crippen LogP contribution in [0.2, 0.25) is 0 Å². The van der Waals surface area contributed by atoms with Gasteiger partial charge >= 0.3 is 5.69 Å². The first kappa shape index (κ1) is 15.2. The molecule has 0 radical (unpaired) electrons. The highest BCUT2D eigenvalue weighted by Crippen LogP contribution is 2.05. The fraction of sp³-hybridized carbons (Fsp3) is 0.615. The molecule has 0 aliphatic carbocycles. The number of aromatic amines is 2. The summed E-state index contributed by atoms with van der Waals surface area (Å²) in [7, 11) is 0. The lowest BCUT2D eigenvalue weighted by atomic mass is 10.1. The Bertz CT molecular complexity index is 517. The summed E-state index contributed by atoms with van der Waals surface area (Å²) in [5.74, 6) is -0.444. The van der Waals surface area contributed by atoms with Crippen molar-refractivity contribution in [1.82, 2.24) is 9.97 Å². The highest BCUT2D eigenvalue weighted by Gasteiger charge is 2.04. The zero-order chi connectivity index (χ0) is 14.1. The van der Waals surface area contributed by atoms with Crippen molar-refractivity contribution in [2.24, 2.45) is 4.99 Å². The van der Waals surface area contributed by atoms with Crippen LogP contribution in [0.15, 0.2) is 14.6 Å². The van der Waals surface area contributed by atoms with Crippen LogP contribution in [0.3, 0.4) is 0 Å². The molecule has 6 heteroatoms. The standard InChI is InChI=1S/C13H21N3O3/c1-2-3-4-5-6-7-8-14-9-10-11(17)15-13(19)16-12(10)18/h9H,2-8H2,1H3,(H3,15,16,17,18,19). The van der Waals surface area contributed by atoms with E-state index in [1.807, 2.05) is 4.98 Å². The van der Waals surface area contributed by atoms with E-state index in [0.29, 0.717) is 6.54 Å². The van der Waals surface area contributed by atoms with Gasteiger partial charge in [0, 0.05) is 12.8 Å². The van der Waals surface area contributed by atoms with Crippen molar-refractivity contribution in [2.75, 3.05) is 6.54 Å². The molecule has 1 aromatic heterocycles. The number of nitrogens with one attached hydrogen (secondary N) is 2. The fourth-order valence-electron chi connectivity index (χ4n) is 1.74. The van der Waals surface area contributed by atoms with E-state index in [2.05, 4.69) is 16.9 Å². The summed E-state index contributed by atoms with van der Waals surface area (Å²) in [5.41, 5.74) is -1.37. The van der Waals surface area contributed by atoms with Gasteiger partial charge in [0.05, 0.1) is 0 Å². The summed E-state index contributed by atoms with van der Waals surface area (Å²) in [6.07, 6.45) is 8.33. The summed E-state index contributed by atoms with van der Waals surface area (Å²) < 4.78 is 0. The smallest absolute Gasteiger partial charge is 0.328 e. The van der Waals surface area contributed by atoms with Gasteiger partial charge in [-0.25, -0.2) is 4.79 Å². The molecule has 1 rings (SSSR count). The third-order valence-corrected chi connectivity index (χ3v) is 2.82. The van der Waals surface area contributed by atoms with Crippen LogP contribution < -0.4 is 11.2 Å². The molecule has 0 bridgehead atoms. The van der Waals surface area contributed by atoms with E-state index >= 15 is 0 Å². The molecule has 0 saturated heterocycles. The Balaban J connectivity index is 2.37. The van der Waals surface area contributed by atoms with Gasteiger partial charge < -0.3 is 5.11 Å². The topological polar surface area (TPSA) is 98.3 Å². The number of rotatable bonds is 8. The van der Waals surface area contributed by atoms with Gasteiger partial charge in [-0.3, -0.25) is 19.8 Å². The third-order valence-electron chi connectivity index (χ3n) is 2.82. The number of hydrogen-bond acceptors (Lipinski definition) is 4. The second kappa shape index (κ2) is 8.29. The number of aromatic nitrogens is 2. The first-order valence-corrected chi connectivity index (χ1v) is 6.70. The van der Waals surface area contributed by atoms with Crippen molar-refractivity contribution in [3.63, 3.8) is 0 Å². The Morgan fingerprint density at radius 1 is 1.11 bits per heavy atom. The van der Waals surface area contributed by atoms with Crippen molar-refractivity contribution in [3.05, 3.63) is 26.4 Å². The summed E-state index contributed by atoms with van der Waals surface area (Å²) in [6.45, 7) is 2.79. The van der Waals surface area contributed by atoms with Crippen LogP contribution in [0, 0.1) is 0 Å². The van der Waals surface area contributed by atoms with Gasteiger partial charge in [-0.15, -0.1) is 0 Å². The maximum absolute atomic E-state index is 11.4. The molecule has 0 aromatic carbocycles. The van der Waals surface area contributed by atoms with Crippen LogP contribution >= 0.6 is 0 Å². The Morgan fingerprint density at radius 2 is 1.79 bits per heavy atom. The molecule has 0 spiro atoms. The van der Waals surface area contributed by atoms with E-state index in [0.717, 1.165) is 12.8 Å². The average molecular weight is 267 g/mol. The quantitative estimate of drug-likeness (QED) is 0.492. The van der Waals surface area contributed by atoms with Crippen LogP contribution in [0.25, 0.3) is 0 Å². The van der Waals surface area contributed by atoms with Gasteiger partial charge in [-0.2, -0.15) is 0 Å². The average Bonchev–Trinajstić information content (AvgIpc) is 2.35. The van der Waals surface area contributed by atoms with Crippen molar-refractivity contribution < 1.29 is 5.11 Å². The Morgan fingerprint density at radius 3 is 2.47 bits per heavy atom. The summed E-state index contributed by atoms with van der Waals surface area (Å²) in [6, 6.07) is 0. The highest BCUT2D eigenvalue weighted by molar-refractivity contribution is 5.81. The van der Waals surface area contributed by atoms with Gasteiger partial charge in [0.15, 0.2) is 0 Å². The third kappa shape index (κ3) is 5.54. The molecule has 0 saturated carbocycles. The predicted molar refractivity (Wildman–Crippen MR) is 75.2 cm³/mol. The molecule has 0 aliphatic rings. The molecule has 0 aliphatic heterocycles. The maximum Gasteiger partial charge on any atom is 0.328 e. The van der Waals surface area contributed by atoms with E-state index in [1.54, 1.807) is 0 Å². The molecule has 3 N–H and O–H groups in total. The largest absolute Gasteiger partial charge is 0.494 e. The number of nitrogens with zero attached hydrogens (tertiary/aromatic N) is 1. The van der Waals surface area contributed by atoms with E-state index in [-0.39, 0.29) is 5.56 Å². The maximum atomic E-state index is 11.4. The van der Waals surface area contributed by atoms with E-state index in [9.17, 15) is 14.7 Å². The van der Waals surface area contributed by atoms with E-state index in [4.69, 9.17) is 0 Å². The Hall–Kier alpha value is -1.85. The van der Waals surface area contributed by atoms with Crippen molar-refractivity contribution in [2.45, 2.75) is 45.4 Å². The monoisotopic (exact) mass is 267 g/mol. The molecule has 106 valence electrons. The van der Waals surface area contributed by atoms with Crippen LogP contribution in [0.5, 0.6) is 5.88 Å². The number of aliphatic imine (C=N–C) groups is 1. The summed E-state index contributed by atoms with van der Waals surface area (Å²) in [4.78, 5) is 30.5. The molecule has 1 aromatic rings. The minimum absolute atomic E-state index is 0.00872. The lowest BCUT2D eigenvalue weighted by molar-refractivity contribution is 0.447. The van der Waals surface area contributed by atoms with E-state index in [1.165, 1.54) is 31.9 Å². The summed E-state index contributed by atoms with van der Waals surface area (Å²) >= 11 is 0. The van der Waals surface area contributed by atoms with Gasteiger partial charge in [-0.1, -0.05) is 39.0 Å². The van der Waals surface area contributed by atoms with Crippen LogP contribution in [-0.2, 0) is 0 Å². The molecule has 19 heavy (non-hydrogen) atoms. The lowest BCUT2D eigenvalue weighted by Crippen LogP contribution is -2.24. The Labute approximate surface area is 111 Å². The van der Waals surface area contributed by atoms with Crippen LogP contribution in [-0.4, -0.2) is 27.8 Å². The zero-order valence-electron chi connectivity index (χ0n) is 11.2. The van der Waals surface area contributed by atoms with Crippen LogP contribution in [0.4, 0.5) is 0 Å². The molecule has 0 amide bonds. The van der Waals surface area contributed by atoms with Gasteiger partial charge in [0.2, 0.25) is 5.88 Å². The fourth-order valence-corrected chi connectivity index (χ4v) is 1.74. The lowest BCUT2D eigenvalue weighted by Gasteiger charge is -1.98. The Kier molecular flexibility index (Phi) is 6.63. The second-order valence-corrected chi connectivity index (χ2v) is 4.47. The first-order chi connectivity index (χ1) is 9.15. The predicted octanol–water partition coefficient (Wildman–Crippen LogP) is 1.55. The SMILES string of the molecule is CCCCCCCCN=Cc1c(O)[nH]c(=O)[nH]c1=O. The minimum Gasteiger partial charge on any atom is -0.494 e. The number of aromatic hydroxyl groups is 1. The van der Waals surface area contributed by atoms with Crippen LogP contribution in [0.1, 0.15) is 51.0 Å². The molecular weight excluding hydrogens is 246 g/mol. The second-order valence-electron chi connectivity index (χ2n) is 4.47. The minimum atomic E-state index is -0.726. The molecule has 0 unspecified atom stereocenters. The number of unbranched alkanes of at least 4 members (excludes halogenated alkanes) is 5. The molecule has 0 atom stereocenters. The number of hydrogen-bond donors (Lipinski definition) is 3. The van der Waals surface area contributed by atoms with Crippen molar-refractivity contribution in [3.8, 4) is 5.88 Å². The normalized spacial score (nSPS) is 11.2. The van der Waals surface area contributed by atoms with Crippen molar-refractivity contribution in [1.29, 1.82) is 0 Å². The van der Waals surface area contributed by atoms with Gasteiger partial charge in [0.25, 0.3) is 5.56 Å². The number of H-pyrrole nitrogens is 2. The molecular formula is C13H21N3O3. The van der Waals surface area contributed by atoms with Gasteiger partial charge in [0.1, 0.15) is 5.56 Å². The zero-order valence-corrected chi connectivity index (χ0v) is 11.2. The van der Waals surface area contributed by atoms with Gasteiger partial charge in [-0.05, 0) is 6.42 Å². The molecule has 1 heterocycles. The van der Waals surface area contributed by atoms with Crippen molar-refractivity contribution >= 4 is 6.21 Å². The molecule has 6 nitrogen and oxygen atoms in total. The summed E-state index contributed by atoms with van der Waals surface area (Å²) in [5, 5.41) is 9.41.